The second-order valence-corrected chi connectivity index (χ2v) is 30.3. The number of carbonyl (C=O) groups is 4. The maximum Gasteiger partial charge on any atom is 0.472 e. The van der Waals surface area contributed by atoms with Crippen LogP contribution in [0.15, 0.2) is 0 Å². The van der Waals surface area contributed by atoms with E-state index in [0.29, 0.717) is 25.7 Å². The highest BCUT2D eigenvalue weighted by Crippen LogP contribution is 2.45. The topological polar surface area (TPSA) is 237 Å². The molecule has 0 aliphatic rings. The highest BCUT2D eigenvalue weighted by Gasteiger charge is 2.30. The largest absolute Gasteiger partial charge is 0.472 e. The van der Waals surface area contributed by atoms with E-state index in [1.807, 2.05) is 0 Å². The van der Waals surface area contributed by atoms with Gasteiger partial charge in [0.15, 0.2) is 12.2 Å². The SMILES string of the molecule is CCCCCCCCCCCCCCCCCCCCCC(=O)O[C@H](COC(=O)CCCCCCCCCCCCC(C)CC)COP(=O)(O)OC[C@@H](O)COP(=O)(O)OC[C@@H](COC(=O)CCCCCCCCC)OC(=O)CCCCCCCCCCCCC(C)C. The van der Waals surface area contributed by atoms with E-state index in [-0.39, 0.29) is 25.7 Å². The van der Waals surface area contributed by atoms with Crippen LogP contribution in [0, 0.1) is 11.8 Å². The van der Waals surface area contributed by atoms with Gasteiger partial charge in [0.05, 0.1) is 26.4 Å². The molecule has 0 bridgehead atoms. The minimum Gasteiger partial charge on any atom is -0.462 e. The van der Waals surface area contributed by atoms with Gasteiger partial charge in [0.1, 0.15) is 19.3 Å². The molecule has 0 saturated carbocycles. The number of phosphoric acid groups is 2. The van der Waals surface area contributed by atoms with Gasteiger partial charge in [-0.15, -0.1) is 0 Å². The van der Waals surface area contributed by atoms with E-state index in [9.17, 15) is 43.2 Å². The summed E-state index contributed by atoms with van der Waals surface area (Å²) in [4.78, 5) is 72.6. The van der Waals surface area contributed by atoms with Gasteiger partial charge in [-0.2, -0.15) is 0 Å². The lowest BCUT2D eigenvalue weighted by Gasteiger charge is -2.21. The zero-order chi connectivity index (χ0) is 68.6. The van der Waals surface area contributed by atoms with Crippen molar-refractivity contribution in [2.75, 3.05) is 39.6 Å². The first-order chi connectivity index (χ1) is 44.9. The molecule has 552 valence electrons. The molecule has 0 rings (SSSR count). The van der Waals surface area contributed by atoms with Crippen molar-refractivity contribution in [2.45, 2.75) is 400 Å². The van der Waals surface area contributed by atoms with E-state index in [0.717, 1.165) is 115 Å². The summed E-state index contributed by atoms with van der Waals surface area (Å²) in [6.07, 6.45) is 52.8. The molecule has 0 radical (unpaired) electrons. The summed E-state index contributed by atoms with van der Waals surface area (Å²) >= 11 is 0. The Morgan fingerprint density at radius 1 is 0.312 bits per heavy atom. The third-order valence-electron chi connectivity index (χ3n) is 17.6. The van der Waals surface area contributed by atoms with Crippen LogP contribution in [0.5, 0.6) is 0 Å². The Kier molecular flexibility index (Phi) is 64.6. The number of phosphoric ester groups is 2. The number of hydrogen-bond donors (Lipinski definition) is 3. The third kappa shape index (κ3) is 67.0. The quantitative estimate of drug-likeness (QED) is 0.0222. The molecule has 0 aliphatic carbocycles. The van der Waals surface area contributed by atoms with E-state index >= 15 is 0 Å². The average molecular weight is 1370 g/mol. The lowest BCUT2D eigenvalue weighted by Crippen LogP contribution is -2.30. The van der Waals surface area contributed by atoms with Crippen molar-refractivity contribution >= 4 is 39.5 Å². The first kappa shape index (κ1) is 91.1. The number of esters is 4. The number of unbranched alkanes of at least 4 members (excludes halogenated alkanes) is 42. The molecule has 0 aromatic carbocycles. The summed E-state index contributed by atoms with van der Waals surface area (Å²) < 4.78 is 68.3. The van der Waals surface area contributed by atoms with E-state index in [4.69, 9.17) is 37.0 Å². The van der Waals surface area contributed by atoms with Crippen LogP contribution in [-0.4, -0.2) is 96.7 Å². The van der Waals surface area contributed by atoms with Gasteiger partial charge < -0.3 is 33.8 Å². The molecule has 0 aromatic heterocycles. The standard InChI is InChI=1S/C74H144O17P2/c1-7-10-12-14-16-17-18-19-20-21-22-23-24-25-26-34-40-46-52-58-73(78)91-70(63-85-72(77)57-51-45-39-33-30-28-32-38-43-49-55-67(6)9-3)65-89-93(82,83)87-61-68(75)60-86-92(80,81)88-64-69(62-84-71(76)56-50-44-36-15-13-11-8-2)90-74(79)59-53-47-41-35-29-27-31-37-42-48-54-66(4)5/h66-70,75H,7-65H2,1-6H3,(H,80,81)(H,82,83)/t67?,68-,69+,70+/m0/s1. The van der Waals surface area contributed by atoms with E-state index < -0.39 is 97.5 Å². The fraction of sp³-hybridized carbons (Fsp3) is 0.946. The molecule has 3 N–H and O–H groups in total. The number of aliphatic hydroxyl groups is 1. The maximum absolute atomic E-state index is 13.1. The average Bonchev–Trinajstić information content (AvgIpc) is 3.63. The summed E-state index contributed by atoms with van der Waals surface area (Å²) in [6, 6.07) is 0. The Bertz CT molecular complexity index is 1810. The third-order valence-corrected chi connectivity index (χ3v) is 19.5. The second kappa shape index (κ2) is 66.0. The van der Waals surface area contributed by atoms with Crippen LogP contribution in [0.2, 0.25) is 0 Å². The van der Waals surface area contributed by atoms with Crippen LogP contribution in [0.3, 0.4) is 0 Å². The Morgan fingerprint density at radius 3 is 0.817 bits per heavy atom. The normalized spacial score (nSPS) is 14.3. The second-order valence-electron chi connectivity index (χ2n) is 27.4. The van der Waals surface area contributed by atoms with Gasteiger partial charge in [0, 0.05) is 25.7 Å². The fourth-order valence-corrected chi connectivity index (χ4v) is 12.8. The summed E-state index contributed by atoms with van der Waals surface area (Å²) in [7, 11) is -9.90. The molecular weight excluding hydrogens is 1220 g/mol. The highest BCUT2D eigenvalue weighted by atomic mass is 31.2. The summed E-state index contributed by atoms with van der Waals surface area (Å²) in [5.41, 5.74) is 0. The molecule has 0 aliphatic heterocycles. The van der Waals surface area contributed by atoms with Gasteiger partial charge in [-0.3, -0.25) is 37.3 Å². The van der Waals surface area contributed by atoms with E-state index in [1.165, 1.54) is 186 Å². The molecule has 0 aromatic rings. The smallest absolute Gasteiger partial charge is 0.462 e. The molecule has 6 atom stereocenters. The molecule has 0 amide bonds. The molecule has 17 nitrogen and oxygen atoms in total. The minimum absolute atomic E-state index is 0.106. The number of aliphatic hydroxyl groups excluding tert-OH is 1. The Labute approximate surface area is 568 Å². The molecule has 0 saturated heterocycles. The van der Waals surface area contributed by atoms with Crippen LogP contribution >= 0.6 is 15.6 Å². The Balaban J connectivity index is 5.19. The summed E-state index contributed by atoms with van der Waals surface area (Å²) in [5.74, 6) is -0.561. The zero-order valence-corrected chi connectivity index (χ0v) is 62.3. The monoisotopic (exact) mass is 1370 g/mol. The first-order valence-electron chi connectivity index (χ1n) is 38.5. The van der Waals surface area contributed by atoms with Crippen molar-refractivity contribution in [1.82, 2.24) is 0 Å². The fourth-order valence-electron chi connectivity index (χ4n) is 11.3. The predicted molar refractivity (Wildman–Crippen MR) is 377 cm³/mol. The van der Waals surface area contributed by atoms with Crippen molar-refractivity contribution in [3.8, 4) is 0 Å². The van der Waals surface area contributed by atoms with Crippen molar-refractivity contribution < 1.29 is 80.2 Å². The summed E-state index contributed by atoms with van der Waals surface area (Å²) in [6.45, 7) is 9.56. The van der Waals surface area contributed by atoms with Crippen molar-refractivity contribution in [3.05, 3.63) is 0 Å². The van der Waals surface area contributed by atoms with Crippen LogP contribution < -0.4 is 0 Å². The highest BCUT2D eigenvalue weighted by molar-refractivity contribution is 7.47. The van der Waals surface area contributed by atoms with Crippen LogP contribution in [0.25, 0.3) is 0 Å². The van der Waals surface area contributed by atoms with Crippen LogP contribution in [0.4, 0.5) is 0 Å². The number of hydrogen-bond acceptors (Lipinski definition) is 15. The lowest BCUT2D eigenvalue weighted by atomic mass is 9.99. The number of carbonyl (C=O) groups excluding carboxylic acids is 4. The Morgan fingerprint density at radius 2 is 0.548 bits per heavy atom. The van der Waals surface area contributed by atoms with Gasteiger partial charge in [-0.25, -0.2) is 9.13 Å². The van der Waals surface area contributed by atoms with Crippen LogP contribution in [-0.2, 0) is 65.4 Å². The molecule has 19 heteroatoms. The van der Waals surface area contributed by atoms with Crippen LogP contribution in [0.1, 0.15) is 382 Å². The Hall–Kier alpha value is -1.94. The molecule has 3 unspecified atom stereocenters. The maximum atomic E-state index is 13.1. The van der Waals surface area contributed by atoms with Crippen molar-refractivity contribution in [2.24, 2.45) is 11.8 Å². The molecule has 0 fully saturated rings. The van der Waals surface area contributed by atoms with Gasteiger partial charge >= 0.3 is 39.5 Å². The summed E-state index contributed by atoms with van der Waals surface area (Å²) in [5, 5.41) is 10.6. The van der Waals surface area contributed by atoms with Gasteiger partial charge in [-0.1, -0.05) is 330 Å². The van der Waals surface area contributed by atoms with Gasteiger partial charge in [0.2, 0.25) is 0 Å². The molecule has 0 heterocycles. The van der Waals surface area contributed by atoms with Crippen molar-refractivity contribution in [1.29, 1.82) is 0 Å². The van der Waals surface area contributed by atoms with Gasteiger partial charge in [-0.05, 0) is 37.5 Å². The predicted octanol–water partition coefficient (Wildman–Crippen LogP) is 21.6. The van der Waals surface area contributed by atoms with Crippen molar-refractivity contribution in [3.63, 3.8) is 0 Å². The number of ether oxygens (including phenoxy) is 4. The molecule has 0 spiro atoms. The molecular formula is C74H144O17P2. The number of rotatable bonds is 73. The minimum atomic E-state index is -4.95. The molecule has 93 heavy (non-hydrogen) atoms. The first-order valence-corrected chi connectivity index (χ1v) is 41.5. The van der Waals surface area contributed by atoms with Gasteiger partial charge in [0.25, 0.3) is 0 Å². The zero-order valence-electron chi connectivity index (χ0n) is 60.6. The van der Waals surface area contributed by atoms with E-state index in [1.54, 1.807) is 0 Å². The van der Waals surface area contributed by atoms with E-state index in [2.05, 4.69) is 41.5 Å². The lowest BCUT2D eigenvalue weighted by molar-refractivity contribution is -0.161.